The second kappa shape index (κ2) is 10.7. The number of pyridine rings is 2. The van der Waals surface area contributed by atoms with E-state index in [4.69, 9.17) is 15.7 Å². The summed E-state index contributed by atoms with van der Waals surface area (Å²) in [5, 5.41) is 19.2. The van der Waals surface area contributed by atoms with Crippen LogP contribution in [-0.4, -0.2) is 43.6 Å². The lowest BCUT2D eigenvalue weighted by molar-refractivity contribution is -0.144. The number of carboxylic acids is 1. The van der Waals surface area contributed by atoms with Crippen LogP contribution in [-0.2, 0) is 22.7 Å². The predicted octanol–water partition coefficient (Wildman–Crippen LogP) is 4.20. The molecule has 9 heteroatoms. The van der Waals surface area contributed by atoms with Crippen LogP contribution in [0.5, 0.6) is 0 Å². The monoisotopic (exact) mass is 524 g/mol. The standard InChI is InChI=1S/C30H32N6O3/c1-19-15-20(2)25(33-16-19)17-36(18-26-22-8-4-3-7-21(22)13-14-32-26)27(11-12-28(31)37)30(29(38)39)34-23-9-5-6-10-24(23)35-30/h3-10,13-16,27,34-35H,11-12,17-18H2,1-2H3,(H2,31,37)(H,38,39). The molecule has 1 amide bonds. The zero-order valence-electron chi connectivity index (χ0n) is 22.0. The number of para-hydroxylation sites is 2. The molecule has 0 saturated heterocycles. The predicted molar refractivity (Wildman–Crippen MR) is 151 cm³/mol. The third kappa shape index (κ3) is 5.26. The summed E-state index contributed by atoms with van der Waals surface area (Å²) in [7, 11) is 0. The summed E-state index contributed by atoms with van der Waals surface area (Å²) in [5.74, 6) is -1.58. The third-order valence-corrected chi connectivity index (χ3v) is 7.32. The summed E-state index contributed by atoms with van der Waals surface area (Å²) in [4.78, 5) is 36.5. The Labute approximate surface area is 227 Å². The van der Waals surface area contributed by atoms with Crippen LogP contribution >= 0.6 is 0 Å². The Bertz CT molecular complexity index is 1510. The van der Waals surface area contributed by atoms with Crippen molar-refractivity contribution < 1.29 is 14.7 Å². The normalized spacial score (nSPS) is 14.4. The molecule has 0 bridgehead atoms. The van der Waals surface area contributed by atoms with Crippen molar-refractivity contribution in [1.82, 2.24) is 14.9 Å². The van der Waals surface area contributed by atoms with Gasteiger partial charge in [-0.05, 0) is 55.0 Å². The Kier molecular flexibility index (Phi) is 7.17. The highest BCUT2D eigenvalue weighted by Crippen LogP contribution is 2.39. The van der Waals surface area contributed by atoms with Crippen molar-refractivity contribution in [3.63, 3.8) is 0 Å². The fourth-order valence-electron chi connectivity index (χ4n) is 5.40. The van der Waals surface area contributed by atoms with Crippen molar-refractivity contribution in [3.05, 3.63) is 95.6 Å². The number of nitrogens with zero attached hydrogens (tertiary/aromatic N) is 3. The number of nitrogens with two attached hydrogens (primary N) is 1. The average molecular weight is 525 g/mol. The molecule has 1 aliphatic rings. The number of primary amides is 1. The minimum atomic E-state index is -1.62. The molecule has 0 spiro atoms. The number of benzene rings is 2. The molecule has 0 radical (unpaired) electrons. The molecule has 0 aliphatic carbocycles. The Balaban J connectivity index is 1.63. The van der Waals surface area contributed by atoms with Gasteiger partial charge in [-0.25, -0.2) is 4.79 Å². The Morgan fingerprint density at radius 1 is 0.974 bits per heavy atom. The largest absolute Gasteiger partial charge is 0.478 e. The molecule has 1 unspecified atom stereocenters. The molecule has 0 saturated carbocycles. The van der Waals surface area contributed by atoms with Gasteiger partial charge in [0.15, 0.2) is 0 Å². The number of rotatable bonds is 10. The molecular formula is C30H32N6O3. The number of aliphatic carboxylic acids is 1. The maximum atomic E-state index is 13.1. The van der Waals surface area contributed by atoms with E-state index in [-0.39, 0.29) is 12.8 Å². The van der Waals surface area contributed by atoms with E-state index in [0.717, 1.165) is 33.3 Å². The zero-order chi connectivity index (χ0) is 27.6. The molecule has 5 rings (SSSR count). The summed E-state index contributed by atoms with van der Waals surface area (Å²) in [6.45, 7) is 4.65. The van der Waals surface area contributed by atoms with E-state index in [9.17, 15) is 14.7 Å². The van der Waals surface area contributed by atoms with Crippen LogP contribution in [0.1, 0.15) is 35.4 Å². The number of hydrogen-bond donors (Lipinski definition) is 4. The third-order valence-electron chi connectivity index (χ3n) is 7.32. The molecule has 4 aromatic rings. The molecular weight excluding hydrogens is 492 g/mol. The molecule has 5 N–H and O–H groups in total. The van der Waals surface area contributed by atoms with Crippen LogP contribution in [0.4, 0.5) is 11.4 Å². The van der Waals surface area contributed by atoms with E-state index >= 15 is 0 Å². The van der Waals surface area contributed by atoms with E-state index < -0.39 is 23.6 Å². The van der Waals surface area contributed by atoms with Gasteiger partial charge in [0.2, 0.25) is 11.6 Å². The van der Waals surface area contributed by atoms with Crippen molar-refractivity contribution >= 4 is 34.0 Å². The summed E-state index contributed by atoms with van der Waals surface area (Å²) in [6, 6.07) is 18.6. The number of carboxylic acid groups (broad SMARTS) is 1. The van der Waals surface area contributed by atoms with Crippen LogP contribution in [0, 0.1) is 13.8 Å². The summed E-state index contributed by atoms with van der Waals surface area (Å²) in [5.41, 5.74) is 8.99. The maximum absolute atomic E-state index is 13.1. The van der Waals surface area contributed by atoms with Crippen molar-refractivity contribution in [1.29, 1.82) is 0 Å². The van der Waals surface area contributed by atoms with Gasteiger partial charge in [0, 0.05) is 37.3 Å². The Hall–Kier alpha value is -4.50. The van der Waals surface area contributed by atoms with Crippen molar-refractivity contribution in [3.8, 4) is 0 Å². The second-order valence-corrected chi connectivity index (χ2v) is 10.1. The second-order valence-electron chi connectivity index (χ2n) is 10.1. The number of carbonyl (C=O) groups excluding carboxylic acids is 1. The minimum absolute atomic E-state index is 0.0131. The molecule has 0 fully saturated rings. The highest BCUT2D eigenvalue weighted by Gasteiger charge is 2.52. The summed E-state index contributed by atoms with van der Waals surface area (Å²) in [6.07, 6.45) is 3.78. The fourth-order valence-corrected chi connectivity index (χ4v) is 5.40. The number of hydrogen-bond acceptors (Lipinski definition) is 7. The number of aromatic nitrogens is 2. The van der Waals surface area contributed by atoms with E-state index in [2.05, 4.69) is 16.7 Å². The number of amides is 1. The van der Waals surface area contributed by atoms with Gasteiger partial charge in [-0.3, -0.25) is 19.7 Å². The molecule has 9 nitrogen and oxygen atoms in total. The molecule has 39 heavy (non-hydrogen) atoms. The minimum Gasteiger partial charge on any atom is -0.478 e. The Morgan fingerprint density at radius 2 is 1.64 bits per heavy atom. The topological polar surface area (TPSA) is 133 Å². The van der Waals surface area contributed by atoms with Crippen molar-refractivity contribution in [2.45, 2.75) is 51.5 Å². The lowest BCUT2D eigenvalue weighted by Gasteiger charge is -2.42. The quantitative estimate of drug-likeness (QED) is 0.243. The zero-order valence-corrected chi connectivity index (χ0v) is 22.0. The first-order valence-electron chi connectivity index (χ1n) is 12.9. The summed E-state index contributed by atoms with van der Waals surface area (Å²) < 4.78 is 0. The molecule has 3 heterocycles. The van der Waals surface area contributed by atoms with Crippen molar-refractivity contribution in [2.75, 3.05) is 10.6 Å². The van der Waals surface area contributed by atoms with Crippen LogP contribution in [0.3, 0.4) is 0 Å². The Morgan fingerprint density at radius 3 is 2.31 bits per heavy atom. The summed E-state index contributed by atoms with van der Waals surface area (Å²) >= 11 is 0. The van der Waals surface area contributed by atoms with Crippen LogP contribution in [0.25, 0.3) is 10.8 Å². The number of fused-ring (bicyclic) bond motifs is 2. The van der Waals surface area contributed by atoms with Crippen molar-refractivity contribution in [2.24, 2.45) is 5.73 Å². The molecule has 2 aromatic heterocycles. The number of anilines is 2. The lowest BCUT2D eigenvalue weighted by Crippen LogP contribution is -2.64. The van der Waals surface area contributed by atoms with Crippen LogP contribution in [0.15, 0.2) is 73.1 Å². The number of carbonyl (C=O) groups is 2. The number of aryl methyl sites for hydroxylation is 2. The van der Waals surface area contributed by atoms with Crippen LogP contribution in [0.2, 0.25) is 0 Å². The van der Waals surface area contributed by atoms with Gasteiger partial charge in [0.05, 0.1) is 28.8 Å². The SMILES string of the molecule is Cc1cnc(CN(Cc2nccc3ccccc23)C(CCC(N)=O)C2(C(=O)O)Nc3ccccc3N2)c(C)c1. The van der Waals surface area contributed by atoms with Gasteiger partial charge in [0.1, 0.15) is 0 Å². The molecule has 2 aromatic carbocycles. The molecule has 200 valence electrons. The molecule has 1 atom stereocenters. The fraction of sp³-hybridized carbons (Fsp3) is 0.267. The van der Waals surface area contributed by atoms with Gasteiger partial charge >= 0.3 is 5.97 Å². The van der Waals surface area contributed by atoms with Gasteiger partial charge in [-0.2, -0.15) is 0 Å². The van der Waals surface area contributed by atoms with Gasteiger partial charge in [-0.15, -0.1) is 0 Å². The highest BCUT2D eigenvalue weighted by molar-refractivity contribution is 5.94. The first-order chi connectivity index (χ1) is 18.8. The van der Waals surface area contributed by atoms with E-state index in [0.29, 0.717) is 24.5 Å². The lowest BCUT2D eigenvalue weighted by atomic mass is 9.92. The van der Waals surface area contributed by atoms with Crippen LogP contribution < -0.4 is 16.4 Å². The van der Waals surface area contributed by atoms with E-state index in [1.807, 2.05) is 79.5 Å². The maximum Gasteiger partial charge on any atom is 0.352 e. The molecule has 1 aliphatic heterocycles. The smallest absolute Gasteiger partial charge is 0.352 e. The van der Waals surface area contributed by atoms with E-state index in [1.54, 1.807) is 6.20 Å². The first-order valence-corrected chi connectivity index (χ1v) is 12.9. The van der Waals surface area contributed by atoms with Gasteiger partial charge < -0.3 is 21.5 Å². The highest BCUT2D eigenvalue weighted by atomic mass is 16.4. The average Bonchev–Trinajstić information content (AvgIpc) is 3.31. The van der Waals surface area contributed by atoms with Gasteiger partial charge in [-0.1, -0.05) is 42.5 Å². The number of nitrogens with one attached hydrogen (secondary N) is 2. The van der Waals surface area contributed by atoms with E-state index in [1.165, 1.54) is 0 Å². The van der Waals surface area contributed by atoms with Gasteiger partial charge in [0.25, 0.3) is 0 Å². The first kappa shape index (κ1) is 26.1.